The van der Waals surface area contributed by atoms with Gasteiger partial charge in [-0.05, 0) is 42.8 Å². The van der Waals surface area contributed by atoms with Gasteiger partial charge in [-0.2, -0.15) is 0 Å². The van der Waals surface area contributed by atoms with Crippen molar-refractivity contribution in [3.05, 3.63) is 76.7 Å². The molecule has 0 radical (unpaired) electrons. The van der Waals surface area contributed by atoms with E-state index in [1.165, 1.54) is 12.1 Å². The molecule has 0 atom stereocenters. The number of amides is 2. The number of primary amides is 1. The van der Waals surface area contributed by atoms with Crippen LogP contribution in [0.1, 0.15) is 32.0 Å². The van der Waals surface area contributed by atoms with Crippen molar-refractivity contribution in [3.63, 3.8) is 0 Å². The second-order valence-corrected chi connectivity index (χ2v) is 5.72. The van der Waals surface area contributed by atoms with Gasteiger partial charge in [-0.3, -0.25) is 14.6 Å². The highest BCUT2D eigenvalue weighted by Crippen LogP contribution is 2.19. The fraction of sp³-hybridized carbons (Fsp3) is 0.105. The summed E-state index contributed by atoms with van der Waals surface area (Å²) in [6.07, 6.45) is 0. The van der Waals surface area contributed by atoms with E-state index in [4.69, 9.17) is 5.73 Å². The molecule has 3 aromatic rings. The van der Waals surface area contributed by atoms with Crippen molar-refractivity contribution >= 4 is 22.7 Å². The van der Waals surface area contributed by atoms with Crippen molar-refractivity contribution in [2.45, 2.75) is 13.5 Å². The number of fused-ring (bicyclic) bond motifs is 1. The van der Waals surface area contributed by atoms with Gasteiger partial charge in [0.15, 0.2) is 0 Å². The summed E-state index contributed by atoms with van der Waals surface area (Å²) in [6, 6.07) is 12.5. The molecule has 3 N–H and O–H groups in total. The molecule has 2 amide bonds. The fourth-order valence-corrected chi connectivity index (χ4v) is 2.59. The number of nitrogens with two attached hydrogens (primary N) is 1. The molecule has 0 fully saturated rings. The summed E-state index contributed by atoms with van der Waals surface area (Å²) < 4.78 is 13.4. The second kappa shape index (κ2) is 6.68. The maximum atomic E-state index is 13.4. The Morgan fingerprint density at radius 3 is 2.52 bits per heavy atom. The molecule has 25 heavy (non-hydrogen) atoms. The maximum Gasteiger partial charge on any atom is 0.252 e. The van der Waals surface area contributed by atoms with Gasteiger partial charge in [-0.1, -0.05) is 12.1 Å². The minimum absolute atomic E-state index is 0.277. The molecular weight excluding hydrogens is 321 g/mol. The first kappa shape index (κ1) is 16.6. The van der Waals surface area contributed by atoms with Crippen molar-refractivity contribution in [2.24, 2.45) is 5.73 Å². The molecule has 0 aliphatic rings. The van der Waals surface area contributed by atoms with E-state index >= 15 is 0 Å². The Labute approximate surface area is 143 Å². The van der Waals surface area contributed by atoms with Gasteiger partial charge in [-0.25, -0.2) is 4.39 Å². The zero-order chi connectivity index (χ0) is 18.0. The second-order valence-electron chi connectivity index (χ2n) is 5.72. The monoisotopic (exact) mass is 337 g/mol. The zero-order valence-corrected chi connectivity index (χ0v) is 13.5. The molecule has 0 spiro atoms. The third-order valence-electron chi connectivity index (χ3n) is 3.84. The third kappa shape index (κ3) is 3.63. The van der Waals surface area contributed by atoms with E-state index in [0.717, 1.165) is 5.56 Å². The molecule has 0 saturated carbocycles. The molecule has 2 aromatic carbocycles. The summed E-state index contributed by atoms with van der Waals surface area (Å²) in [5.74, 6) is -1.17. The Kier molecular flexibility index (Phi) is 4.43. The fourth-order valence-electron chi connectivity index (χ4n) is 2.59. The van der Waals surface area contributed by atoms with Gasteiger partial charge in [0.25, 0.3) is 5.91 Å². The molecule has 1 heterocycles. The average molecular weight is 337 g/mol. The quantitative estimate of drug-likeness (QED) is 0.767. The lowest BCUT2D eigenvalue weighted by molar-refractivity contribution is 0.0950. The minimum Gasteiger partial charge on any atom is -0.366 e. The van der Waals surface area contributed by atoms with Crippen LogP contribution < -0.4 is 11.1 Å². The van der Waals surface area contributed by atoms with Crippen LogP contribution in [0, 0.1) is 12.7 Å². The molecule has 5 nitrogen and oxygen atoms in total. The van der Waals surface area contributed by atoms with Gasteiger partial charge in [0.1, 0.15) is 5.82 Å². The molecule has 0 aliphatic carbocycles. The Balaban J connectivity index is 1.81. The van der Waals surface area contributed by atoms with Crippen LogP contribution in [0.15, 0.2) is 48.5 Å². The molecule has 1 aromatic heterocycles. The smallest absolute Gasteiger partial charge is 0.252 e. The van der Waals surface area contributed by atoms with E-state index in [2.05, 4.69) is 10.3 Å². The first-order chi connectivity index (χ1) is 11.9. The Morgan fingerprint density at radius 1 is 1.12 bits per heavy atom. The Hall–Kier alpha value is -3.28. The highest BCUT2D eigenvalue weighted by atomic mass is 19.1. The van der Waals surface area contributed by atoms with Crippen molar-refractivity contribution in [3.8, 4) is 0 Å². The number of carbonyl (C=O) groups excluding carboxylic acids is 2. The number of nitrogens with zero attached hydrogens (tertiary/aromatic N) is 1. The van der Waals surface area contributed by atoms with Crippen LogP contribution in [0.5, 0.6) is 0 Å². The van der Waals surface area contributed by atoms with Crippen LogP contribution in [0.3, 0.4) is 0 Å². The number of rotatable bonds is 4. The standard InChI is InChI=1S/C19H16FN3O2/c1-11-8-16(15-7-6-14(20)9-17(15)23-11)19(25)22-10-12-2-4-13(5-3-12)18(21)24/h2-9H,10H2,1H3,(H2,21,24)(H,22,25). The number of pyridine rings is 1. The van der Waals surface area contributed by atoms with E-state index in [1.807, 2.05) is 0 Å². The maximum absolute atomic E-state index is 13.4. The molecule has 0 unspecified atom stereocenters. The van der Waals surface area contributed by atoms with E-state index < -0.39 is 11.7 Å². The normalized spacial score (nSPS) is 10.6. The minimum atomic E-state index is -0.499. The van der Waals surface area contributed by atoms with Crippen LogP contribution in [-0.2, 0) is 6.54 Å². The number of benzene rings is 2. The first-order valence-corrected chi connectivity index (χ1v) is 7.68. The lowest BCUT2D eigenvalue weighted by Crippen LogP contribution is -2.23. The van der Waals surface area contributed by atoms with Crippen LogP contribution in [-0.4, -0.2) is 16.8 Å². The van der Waals surface area contributed by atoms with Gasteiger partial charge < -0.3 is 11.1 Å². The van der Waals surface area contributed by atoms with Gasteiger partial charge >= 0.3 is 0 Å². The predicted octanol–water partition coefficient (Wildman–Crippen LogP) is 2.71. The number of hydrogen-bond donors (Lipinski definition) is 2. The van der Waals surface area contributed by atoms with Crippen molar-refractivity contribution in [2.75, 3.05) is 0 Å². The predicted molar refractivity (Wildman–Crippen MR) is 92.6 cm³/mol. The molecular formula is C19H16FN3O2. The lowest BCUT2D eigenvalue weighted by Gasteiger charge is -2.09. The van der Waals surface area contributed by atoms with Gasteiger partial charge in [0.05, 0.1) is 11.1 Å². The van der Waals surface area contributed by atoms with E-state index in [0.29, 0.717) is 34.3 Å². The molecule has 126 valence electrons. The van der Waals surface area contributed by atoms with Gasteiger partial charge in [0.2, 0.25) is 5.91 Å². The lowest BCUT2D eigenvalue weighted by atomic mass is 10.1. The number of aryl methyl sites for hydroxylation is 1. The highest BCUT2D eigenvalue weighted by Gasteiger charge is 2.12. The molecule has 0 aliphatic heterocycles. The Morgan fingerprint density at radius 2 is 1.84 bits per heavy atom. The van der Waals surface area contributed by atoms with Crippen LogP contribution in [0.4, 0.5) is 4.39 Å². The Bertz CT molecular complexity index is 963. The summed E-state index contributed by atoms with van der Waals surface area (Å²) in [5.41, 5.74) is 7.96. The van der Waals surface area contributed by atoms with Gasteiger partial charge in [0, 0.05) is 29.3 Å². The van der Waals surface area contributed by atoms with Crippen molar-refractivity contribution in [1.82, 2.24) is 10.3 Å². The van der Waals surface area contributed by atoms with E-state index in [1.54, 1.807) is 43.3 Å². The number of halogens is 1. The summed E-state index contributed by atoms with van der Waals surface area (Å²) in [6.45, 7) is 2.05. The van der Waals surface area contributed by atoms with Crippen LogP contribution >= 0.6 is 0 Å². The van der Waals surface area contributed by atoms with Crippen LogP contribution in [0.2, 0.25) is 0 Å². The molecule has 0 bridgehead atoms. The largest absolute Gasteiger partial charge is 0.366 e. The highest BCUT2D eigenvalue weighted by molar-refractivity contribution is 6.06. The average Bonchev–Trinajstić information content (AvgIpc) is 2.58. The summed E-state index contributed by atoms with van der Waals surface area (Å²) >= 11 is 0. The van der Waals surface area contributed by atoms with E-state index in [9.17, 15) is 14.0 Å². The number of nitrogens with one attached hydrogen (secondary N) is 1. The van der Waals surface area contributed by atoms with Crippen LogP contribution in [0.25, 0.3) is 10.9 Å². The molecule has 6 heteroatoms. The van der Waals surface area contributed by atoms with Gasteiger partial charge in [-0.15, -0.1) is 0 Å². The topological polar surface area (TPSA) is 85.1 Å². The van der Waals surface area contributed by atoms with Crippen molar-refractivity contribution in [1.29, 1.82) is 0 Å². The molecule has 0 saturated heterocycles. The number of carbonyl (C=O) groups is 2. The SMILES string of the molecule is Cc1cc(C(=O)NCc2ccc(C(N)=O)cc2)c2ccc(F)cc2n1. The summed E-state index contributed by atoms with van der Waals surface area (Å²) in [7, 11) is 0. The zero-order valence-electron chi connectivity index (χ0n) is 13.5. The molecule has 3 rings (SSSR count). The third-order valence-corrected chi connectivity index (χ3v) is 3.84. The number of hydrogen-bond acceptors (Lipinski definition) is 3. The van der Waals surface area contributed by atoms with Crippen molar-refractivity contribution < 1.29 is 14.0 Å². The number of aromatic nitrogens is 1. The van der Waals surface area contributed by atoms with E-state index in [-0.39, 0.29) is 5.91 Å². The first-order valence-electron chi connectivity index (χ1n) is 7.68. The summed E-state index contributed by atoms with van der Waals surface area (Å²) in [4.78, 5) is 27.9. The summed E-state index contributed by atoms with van der Waals surface area (Å²) in [5, 5.41) is 3.41.